The molecule has 28 heavy (non-hydrogen) atoms. The molecule has 1 saturated heterocycles. The molecule has 0 aromatic carbocycles. The van der Waals surface area contributed by atoms with E-state index >= 15 is 0 Å². The van der Waals surface area contributed by atoms with Gasteiger partial charge in [0.05, 0.1) is 35.0 Å². The summed E-state index contributed by atoms with van der Waals surface area (Å²) in [6.45, 7) is 5.87. The lowest BCUT2D eigenvalue weighted by atomic mass is 10.2. The topological polar surface area (TPSA) is 71.0 Å². The van der Waals surface area contributed by atoms with Gasteiger partial charge in [-0.15, -0.1) is 0 Å². The molecule has 0 spiro atoms. The summed E-state index contributed by atoms with van der Waals surface area (Å²) < 4.78 is 3.37. The predicted octanol–water partition coefficient (Wildman–Crippen LogP) is 1.46. The Morgan fingerprint density at radius 2 is 1.82 bits per heavy atom. The fourth-order valence-electron chi connectivity index (χ4n) is 3.59. The molecule has 0 N–H and O–H groups in total. The first-order chi connectivity index (χ1) is 13.6. The lowest BCUT2D eigenvalue weighted by Crippen LogP contribution is -2.44. The van der Waals surface area contributed by atoms with Crippen LogP contribution in [-0.4, -0.2) is 62.1 Å². The van der Waals surface area contributed by atoms with Crippen molar-refractivity contribution in [3.05, 3.63) is 58.9 Å². The van der Waals surface area contributed by atoms with Crippen molar-refractivity contribution < 1.29 is 0 Å². The number of aromatic nitrogens is 5. The van der Waals surface area contributed by atoms with Crippen LogP contribution in [0.1, 0.15) is 5.69 Å². The van der Waals surface area contributed by atoms with Crippen molar-refractivity contribution in [2.45, 2.75) is 6.92 Å². The summed E-state index contributed by atoms with van der Waals surface area (Å²) in [6.07, 6.45) is 5.51. The summed E-state index contributed by atoms with van der Waals surface area (Å²) in [7, 11) is 2.13. The summed E-state index contributed by atoms with van der Waals surface area (Å²) in [4.78, 5) is 26.3. The number of rotatable bonds is 2. The maximum Gasteiger partial charge on any atom is 0.258 e. The van der Waals surface area contributed by atoms with Gasteiger partial charge in [-0.2, -0.15) is 5.10 Å². The number of anilines is 1. The van der Waals surface area contributed by atoms with Gasteiger partial charge in [-0.05, 0) is 32.2 Å². The van der Waals surface area contributed by atoms with Crippen LogP contribution < -0.4 is 10.5 Å². The van der Waals surface area contributed by atoms with Gasteiger partial charge in [0.1, 0.15) is 11.3 Å². The fourth-order valence-corrected chi connectivity index (χ4v) is 3.59. The molecule has 5 rings (SSSR count). The molecule has 5 heterocycles. The zero-order valence-corrected chi connectivity index (χ0v) is 15.9. The third-order valence-corrected chi connectivity index (χ3v) is 5.25. The first-order valence-electron chi connectivity index (χ1n) is 9.36. The molecule has 1 aliphatic rings. The highest BCUT2D eigenvalue weighted by Crippen LogP contribution is 2.20. The van der Waals surface area contributed by atoms with E-state index in [-0.39, 0.29) is 5.56 Å². The summed E-state index contributed by atoms with van der Waals surface area (Å²) in [5.74, 6) is 0. The number of likely N-dealkylation sites (N-methyl/N-ethyl adjacent to an activating group) is 1. The van der Waals surface area contributed by atoms with Crippen molar-refractivity contribution >= 4 is 16.9 Å². The lowest BCUT2D eigenvalue weighted by Gasteiger charge is -2.34. The second-order valence-corrected chi connectivity index (χ2v) is 7.31. The van der Waals surface area contributed by atoms with Gasteiger partial charge in [-0.1, -0.05) is 0 Å². The van der Waals surface area contributed by atoms with E-state index in [2.05, 4.69) is 31.9 Å². The molecule has 142 valence electrons. The average Bonchev–Trinajstić information content (AvgIpc) is 3.11. The van der Waals surface area contributed by atoms with E-state index in [0.717, 1.165) is 43.1 Å². The number of piperazine rings is 1. The number of hydrogen-bond donors (Lipinski definition) is 0. The number of nitrogens with zero attached hydrogens (tertiary/aromatic N) is 7. The molecule has 0 aliphatic carbocycles. The first-order valence-corrected chi connectivity index (χ1v) is 9.36. The molecule has 0 saturated carbocycles. The smallest absolute Gasteiger partial charge is 0.258 e. The van der Waals surface area contributed by atoms with Crippen molar-refractivity contribution in [2.24, 2.45) is 0 Å². The van der Waals surface area contributed by atoms with E-state index in [1.165, 1.54) is 0 Å². The number of hydrogen-bond acceptors (Lipinski definition) is 6. The highest BCUT2D eigenvalue weighted by molar-refractivity contribution is 5.64. The third kappa shape index (κ3) is 2.91. The highest BCUT2D eigenvalue weighted by Gasteiger charge is 2.16. The van der Waals surface area contributed by atoms with E-state index in [0.29, 0.717) is 17.0 Å². The third-order valence-electron chi connectivity index (χ3n) is 5.25. The Bertz CT molecular complexity index is 1230. The minimum absolute atomic E-state index is 0.109. The van der Waals surface area contributed by atoms with Crippen LogP contribution in [-0.2, 0) is 0 Å². The predicted molar refractivity (Wildman–Crippen MR) is 108 cm³/mol. The van der Waals surface area contributed by atoms with E-state index in [4.69, 9.17) is 0 Å². The van der Waals surface area contributed by atoms with Crippen molar-refractivity contribution in [2.75, 3.05) is 38.1 Å². The molecule has 8 nitrogen and oxygen atoms in total. The standard InChI is InChI=1S/C20H21N7O/c1-14-12-27-16(11-21-14)9-18(23-27)17-10-20(28)26-13-15(3-4-19(26)22-17)25-7-5-24(2)6-8-25/h3-4,9-13H,5-8H2,1-2H3. The Hall–Kier alpha value is -3.26. The normalized spacial score (nSPS) is 15.6. The van der Waals surface area contributed by atoms with E-state index < -0.39 is 0 Å². The first kappa shape index (κ1) is 16.9. The Morgan fingerprint density at radius 1 is 1.00 bits per heavy atom. The van der Waals surface area contributed by atoms with E-state index in [1.54, 1.807) is 21.2 Å². The van der Waals surface area contributed by atoms with Gasteiger partial charge in [0.25, 0.3) is 5.56 Å². The molecular weight excluding hydrogens is 354 g/mol. The van der Waals surface area contributed by atoms with Crippen molar-refractivity contribution in [1.82, 2.24) is 28.9 Å². The molecule has 8 heteroatoms. The quantitative estimate of drug-likeness (QED) is 0.528. The zero-order valence-electron chi connectivity index (χ0n) is 15.9. The summed E-state index contributed by atoms with van der Waals surface area (Å²) >= 11 is 0. The van der Waals surface area contributed by atoms with Gasteiger partial charge in [-0.25, -0.2) is 9.50 Å². The van der Waals surface area contributed by atoms with Gasteiger partial charge in [0.15, 0.2) is 0 Å². The minimum atomic E-state index is -0.109. The molecule has 0 atom stereocenters. The number of fused-ring (bicyclic) bond motifs is 2. The highest BCUT2D eigenvalue weighted by atomic mass is 16.1. The summed E-state index contributed by atoms with van der Waals surface area (Å²) in [5.41, 5.74) is 4.53. The van der Waals surface area contributed by atoms with Gasteiger partial charge in [0, 0.05) is 38.4 Å². The van der Waals surface area contributed by atoms with E-state index in [9.17, 15) is 4.79 Å². The molecule has 4 aromatic heterocycles. The Morgan fingerprint density at radius 3 is 2.64 bits per heavy atom. The van der Waals surface area contributed by atoms with Crippen LogP contribution in [0.2, 0.25) is 0 Å². The molecule has 0 unspecified atom stereocenters. The van der Waals surface area contributed by atoms with Crippen LogP contribution >= 0.6 is 0 Å². The Kier molecular flexibility index (Phi) is 3.87. The minimum Gasteiger partial charge on any atom is -0.368 e. The van der Waals surface area contributed by atoms with Crippen LogP contribution in [0, 0.1) is 6.92 Å². The molecular formula is C20H21N7O. The van der Waals surface area contributed by atoms with Crippen LogP contribution in [0.15, 0.2) is 47.7 Å². The molecule has 0 bridgehead atoms. The van der Waals surface area contributed by atoms with Gasteiger partial charge < -0.3 is 9.80 Å². The summed E-state index contributed by atoms with van der Waals surface area (Å²) in [6, 6.07) is 7.38. The van der Waals surface area contributed by atoms with Crippen LogP contribution in [0.25, 0.3) is 22.6 Å². The lowest BCUT2D eigenvalue weighted by molar-refractivity contribution is 0.313. The molecule has 4 aromatic rings. The largest absolute Gasteiger partial charge is 0.368 e. The average molecular weight is 375 g/mol. The Labute approximate surface area is 161 Å². The SMILES string of the molecule is Cc1cn2nc(-c3cc(=O)n4cc(N5CCN(C)CC5)ccc4n3)cc2cn1. The van der Waals surface area contributed by atoms with Gasteiger partial charge >= 0.3 is 0 Å². The van der Waals surface area contributed by atoms with Crippen LogP contribution in [0.3, 0.4) is 0 Å². The Balaban J connectivity index is 1.55. The fraction of sp³-hybridized carbons (Fsp3) is 0.300. The molecule has 0 amide bonds. The van der Waals surface area contributed by atoms with Crippen molar-refractivity contribution in [3.8, 4) is 11.4 Å². The maximum atomic E-state index is 12.8. The monoisotopic (exact) mass is 375 g/mol. The maximum absolute atomic E-state index is 12.8. The second-order valence-electron chi connectivity index (χ2n) is 7.31. The second kappa shape index (κ2) is 6.42. The zero-order chi connectivity index (χ0) is 19.3. The molecule has 0 radical (unpaired) electrons. The molecule has 1 aliphatic heterocycles. The number of aryl methyl sites for hydroxylation is 1. The van der Waals surface area contributed by atoms with Crippen LogP contribution in [0.5, 0.6) is 0 Å². The molecule has 1 fully saturated rings. The summed E-state index contributed by atoms with van der Waals surface area (Å²) in [5, 5.41) is 4.54. The van der Waals surface area contributed by atoms with Crippen molar-refractivity contribution in [3.63, 3.8) is 0 Å². The van der Waals surface area contributed by atoms with Crippen molar-refractivity contribution in [1.29, 1.82) is 0 Å². The van der Waals surface area contributed by atoms with Crippen LogP contribution in [0.4, 0.5) is 5.69 Å². The number of pyridine rings is 1. The van der Waals surface area contributed by atoms with Gasteiger partial charge in [0.2, 0.25) is 0 Å². The van der Waals surface area contributed by atoms with Gasteiger partial charge in [-0.3, -0.25) is 14.2 Å². The van der Waals surface area contributed by atoms with E-state index in [1.807, 2.05) is 37.5 Å².